The van der Waals surface area contributed by atoms with Crippen molar-refractivity contribution in [2.45, 2.75) is 44.2 Å². The van der Waals surface area contributed by atoms with Crippen LogP contribution in [-0.2, 0) is 0 Å². The van der Waals surface area contributed by atoms with Crippen LogP contribution in [0.4, 0.5) is 0 Å². The maximum atomic E-state index is 9.19. The highest BCUT2D eigenvalue weighted by atomic mass is 16.3. The van der Waals surface area contributed by atoms with Gasteiger partial charge in [-0.2, -0.15) is 0 Å². The van der Waals surface area contributed by atoms with Crippen molar-refractivity contribution in [1.82, 2.24) is 5.32 Å². The van der Waals surface area contributed by atoms with Gasteiger partial charge in [0.1, 0.15) is 0 Å². The molecule has 0 aliphatic heterocycles. The molecule has 1 rings (SSSR count). The third kappa shape index (κ3) is 2.44. The monoisotopic (exact) mass is 173 g/mol. The average Bonchev–Trinajstić information content (AvgIpc) is 2.50. The minimum atomic E-state index is -0.325. The van der Waals surface area contributed by atoms with Gasteiger partial charge in [-0.25, -0.2) is 0 Å². The summed E-state index contributed by atoms with van der Waals surface area (Å²) < 4.78 is 0. The number of hydrogen-bond acceptors (Lipinski definition) is 3. The highest BCUT2D eigenvalue weighted by Crippen LogP contribution is 2.28. The Kier molecular flexibility index (Phi) is 3.50. The highest BCUT2D eigenvalue weighted by Gasteiger charge is 2.32. The van der Waals surface area contributed by atoms with E-state index in [-0.39, 0.29) is 18.2 Å². The van der Waals surface area contributed by atoms with Crippen LogP contribution < -0.4 is 5.32 Å². The Bertz CT molecular complexity index is 130. The molecular formula is C9H19NO2. The van der Waals surface area contributed by atoms with Crippen LogP contribution >= 0.6 is 0 Å². The van der Waals surface area contributed by atoms with Crippen molar-refractivity contribution in [3.63, 3.8) is 0 Å². The van der Waals surface area contributed by atoms with Crippen molar-refractivity contribution < 1.29 is 10.2 Å². The Morgan fingerprint density at radius 2 is 2.00 bits per heavy atom. The molecule has 72 valence electrons. The highest BCUT2D eigenvalue weighted by molar-refractivity contribution is 4.92. The van der Waals surface area contributed by atoms with Gasteiger partial charge in [-0.1, -0.05) is 12.8 Å². The number of rotatable bonds is 4. The molecule has 0 radical (unpaired) electrons. The molecule has 0 saturated heterocycles. The van der Waals surface area contributed by atoms with Crippen molar-refractivity contribution in [1.29, 1.82) is 0 Å². The van der Waals surface area contributed by atoms with Crippen LogP contribution in [0.25, 0.3) is 0 Å². The molecule has 12 heavy (non-hydrogen) atoms. The minimum absolute atomic E-state index is 0.0863. The largest absolute Gasteiger partial charge is 0.394 e. The summed E-state index contributed by atoms with van der Waals surface area (Å²) in [6, 6.07) is 0. The van der Waals surface area contributed by atoms with E-state index >= 15 is 0 Å². The summed E-state index contributed by atoms with van der Waals surface area (Å²) >= 11 is 0. The Labute approximate surface area is 73.8 Å². The fourth-order valence-corrected chi connectivity index (χ4v) is 1.81. The molecule has 1 saturated carbocycles. The van der Waals surface area contributed by atoms with Gasteiger partial charge in [0.15, 0.2) is 0 Å². The predicted molar refractivity (Wildman–Crippen MR) is 48.0 cm³/mol. The molecule has 3 nitrogen and oxygen atoms in total. The van der Waals surface area contributed by atoms with Crippen LogP contribution in [0.2, 0.25) is 0 Å². The lowest BCUT2D eigenvalue weighted by molar-refractivity contribution is 0.130. The first-order chi connectivity index (χ1) is 5.68. The predicted octanol–water partition coefficient (Wildman–Crippen LogP) is 0.262. The van der Waals surface area contributed by atoms with Crippen LogP contribution in [0.5, 0.6) is 0 Å². The average molecular weight is 173 g/mol. The van der Waals surface area contributed by atoms with E-state index in [1.807, 2.05) is 0 Å². The summed E-state index contributed by atoms with van der Waals surface area (Å²) in [6.07, 6.45) is 4.13. The summed E-state index contributed by atoms with van der Waals surface area (Å²) in [7, 11) is 0. The lowest BCUT2D eigenvalue weighted by atomic mass is 9.99. The van der Waals surface area contributed by atoms with Gasteiger partial charge < -0.3 is 15.5 Å². The van der Waals surface area contributed by atoms with Gasteiger partial charge in [-0.15, -0.1) is 0 Å². The molecule has 3 N–H and O–H groups in total. The Balaban J connectivity index is 2.34. The molecule has 0 aromatic rings. The first-order valence-corrected chi connectivity index (χ1v) is 4.72. The van der Waals surface area contributed by atoms with E-state index in [0.717, 1.165) is 12.8 Å². The zero-order valence-electron chi connectivity index (χ0n) is 7.71. The molecule has 1 fully saturated rings. The Hall–Kier alpha value is -0.120. The lowest BCUT2D eigenvalue weighted by Crippen LogP contribution is -2.48. The van der Waals surface area contributed by atoms with Crippen LogP contribution in [0.3, 0.4) is 0 Å². The number of aliphatic hydroxyl groups is 2. The van der Waals surface area contributed by atoms with E-state index in [1.165, 1.54) is 12.8 Å². The molecule has 1 atom stereocenters. The molecule has 0 amide bonds. The molecular weight excluding hydrogens is 154 g/mol. The normalized spacial score (nSPS) is 24.2. The molecule has 0 aromatic heterocycles. The Morgan fingerprint density at radius 3 is 2.42 bits per heavy atom. The van der Waals surface area contributed by atoms with Crippen molar-refractivity contribution in [3.05, 3.63) is 0 Å². The van der Waals surface area contributed by atoms with Crippen molar-refractivity contribution in [2.24, 2.45) is 0 Å². The third-order valence-corrected chi connectivity index (χ3v) is 2.64. The van der Waals surface area contributed by atoms with Gasteiger partial charge in [0, 0.05) is 12.1 Å². The minimum Gasteiger partial charge on any atom is -0.394 e. The molecule has 0 spiro atoms. The van der Waals surface area contributed by atoms with E-state index < -0.39 is 0 Å². The van der Waals surface area contributed by atoms with Gasteiger partial charge in [0.05, 0.1) is 12.7 Å². The molecule has 0 unspecified atom stereocenters. The van der Waals surface area contributed by atoms with E-state index in [2.05, 4.69) is 5.32 Å². The zero-order chi connectivity index (χ0) is 9.03. The molecule has 1 aliphatic carbocycles. The van der Waals surface area contributed by atoms with Crippen LogP contribution in [0.15, 0.2) is 0 Å². The second-order valence-corrected chi connectivity index (χ2v) is 3.88. The molecule has 0 aromatic carbocycles. The maximum absolute atomic E-state index is 9.19. The van der Waals surface area contributed by atoms with Crippen molar-refractivity contribution >= 4 is 0 Å². The first-order valence-electron chi connectivity index (χ1n) is 4.72. The van der Waals surface area contributed by atoms with Gasteiger partial charge in [0.25, 0.3) is 0 Å². The SMILES string of the molecule is C[C@H](O)CNC1(CO)CCCC1. The quantitative estimate of drug-likeness (QED) is 0.571. The van der Waals surface area contributed by atoms with E-state index in [9.17, 15) is 5.11 Å². The number of nitrogens with one attached hydrogen (secondary N) is 1. The summed E-state index contributed by atoms with van der Waals surface area (Å²) in [5.41, 5.74) is -0.0863. The van der Waals surface area contributed by atoms with Crippen LogP contribution in [-0.4, -0.2) is 35.0 Å². The first kappa shape index (κ1) is 9.96. The van der Waals surface area contributed by atoms with E-state index in [4.69, 9.17) is 5.11 Å². The molecule has 3 heteroatoms. The van der Waals surface area contributed by atoms with Crippen LogP contribution in [0.1, 0.15) is 32.6 Å². The molecule has 0 bridgehead atoms. The van der Waals surface area contributed by atoms with Crippen molar-refractivity contribution in [2.75, 3.05) is 13.2 Å². The van der Waals surface area contributed by atoms with Crippen LogP contribution in [0, 0.1) is 0 Å². The molecule has 0 heterocycles. The van der Waals surface area contributed by atoms with Gasteiger partial charge in [-0.3, -0.25) is 0 Å². The maximum Gasteiger partial charge on any atom is 0.0636 e. The fourth-order valence-electron chi connectivity index (χ4n) is 1.81. The van der Waals surface area contributed by atoms with Crippen molar-refractivity contribution in [3.8, 4) is 0 Å². The summed E-state index contributed by atoms with van der Waals surface area (Å²) in [5.74, 6) is 0. The topological polar surface area (TPSA) is 52.5 Å². The smallest absolute Gasteiger partial charge is 0.0636 e. The second kappa shape index (κ2) is 4.21. The zero-order valence-corrected chi connectivity index (χ0v) is 7.71. The summed E-state index contributed by atoms with van der Waals surface area (Å²) in [6.45, 7) is 2.54. The fraction of sp³-hybridized carbons (Fsp3) is 1.00. The number of aliphatic hydroxyl groups excluding tert-OH is 2. The standard InChI is InChI=1S/C9H19NO2/c1-8(12)6-10-9(7-11)4-2-3-5-9/h8,10-12H,2-7H2,1H3/t8-/m0/s1. The summed E-state index contributed by atoms with van der Waals surface area (Å²) in [4.78, 5) is 0. The lowest BCUT2D eigenvalue weighted by Gasteiger charge is -2.28. The van der Waals surface area contributed by atoms with Gasteiger partial charge >= 0.3 is 0 Å². The van der Waals surface area contributed by atoms with E-state index in [1.54, 1.807) is 6.92 Å². The molecule has 1 aliphatic rings. The Morgan fingerprint density at radius 1 is 1.42 bits per heavy atom. The number of hydrogen-bond donors (Lipinski definition) is 3. The third-order valence-electron chi connectivity index (χ3n) is 2.64. The summed E-state index contributed by atoms with van der Waals surface area (Å²) in [5, 5.41) is 21.5. The van der Waals surface area contributed by atoms with E-state index in [0.29, 0.717) is 6.54 Å². The van der Waals surface area contributed by atoms with Gasteiger partial charge in [0.2, 0.25) is 0 Å². The van der Waals surface area contributed by atoms with Gasteiger partial charge in [-0.05, 0) is 19.8 Å². The second-order valence-electron chi connectivity index (χ2n) is 3.88. The number of β-amino-alcohol motifs (C(OH)–C–C–N with tert-alkyl or cyclic N) is 1.